The van der Waals surface area contributed by atoms with Gasteiger partial charge in [0.05, 0.1) is 12.3 Å². The molecule has 2 aromatic heterocycles. The van der Waals surface area contributed by atoms with Crippen LogP contribution in [0.25, 0.3) is 16.9 Å². The van der Waals surface area contributed by atoms with Gasteiger partial charge in [-0.1, -0.05) is 18.2 Å². The third-order valence-corrected chi connectivity index (χ3v) is 6.18. The van der Waals surface area contributed by atoms with E-state index in [1.165, 1.54) is 15.5 Å². The highest BCUT2D eigenvalue weighted by molar-refractivity contribution is 5.97. The molecule has 0 bridgehead atoms. The summed E-state index contributed by atoms with van der Waals surface area (Å²) in [5.41, 5.74) is 6.33. The van der Waals surface area contributed by atoms with Crippen molar-refractivity contribution >= 4 is 22.9 Å². The van der Waals surface area contributed by atoms with E-state index in [2.05, 4.69) is 20.6 Å². The minimum absolute atomic E-state index is 0.0425. The second-order valence-electron chi connectivity index (χ2n) is 9.68. The van der Waals surface area contributed by atoms with Crippen molar-refractivity contribution in [3.8, 4) is 23.3 Å². The van der Waals surface area contributed by atoms with Gasteiger partial charge in [0.25, 0.3) is 5.91 Å². The number of hydrogen-bond donors (Lipinski definition) is 3. The quantitative estimate of drug-likeness (QED) is 0.135. The number of hydrogen-bond acceptors (Lipinski definition) is 9. The van der Waals surface area contributed by atoms with E-state index in [1.54, 1.807) is 37.5 Å². The fourth-order valence-corrected chi connectivity index (χ4v) is 4.24. The van der Waals surface area contributed by atoms with Crippen LogP contribution in [-0.2, 0) is 16.1 Å². The van der Waals surface area contributed by atoms with E-state index in [4.69, 9.17) is 15.2 Å². The number of nitrogens with two attached hydrogens (primary N) is 1. The number of amides is 1. The van der Waals surface area contributed by atoms with Gasteiger partial charge in [-0.3, -0.25) is 13.9 Å². The van der Waals surface area contributed by atoms with E-state index in [9.17, 15) is 14.9 Å². The smallest absolute Gasteiger partial charge is 0.335 e. The Kier molecular flexibility index (Phi) is 9.13. The molecule has 2 aromatic carbocycles. The van der Waals surface area contributed by atoms with Crippen LogP contribution < -0.4 is 26.8 Å². The zero-order chi connectivity index (χ0) is 29.4. The molecule has 12 heteroatoms. The second-order valence-corrected chi connectivity index (χ2v) is 9.68. The summed E-state index contributed by atoms with van der Waals surface area (Å²) in [6, 6.07) is 18.3. The first-order valence-electron chi connectivity index (χ1n) is 12.9. The first-order chi connectivity index (χ1) is 19.7. The molecular formula is C29H32N8O4. The Morgan fingerprint density at radius 1 is 1.10 bits per heavy atom. The maximum absolute atomic E-state index is 13.6. The standard InChI is InChI=1S/C29H32N8O4/c1-29(2,35-14-16-40-3)17-20(18-30)27(38)32-13-15-36-26-24(25(31)33-19-34-26)37(28(36)39)21-9-11-23(12-10-21)41-22-7-5-4-6-8-22/h4-12,17,19,35H,13-16H2,1-3H3,(H,32,38)(H2,31,33,34). The van der Waals surface area contributed by atoms with Crippen molar-refractivity contribution in [3.05, 3.63) is 83.1 Å². The van der Waals surface area contributed by atoms with E-state index in [0.717, 1.165) is 0 Å². The van der Waals surface area contributed by atoms with Crippen LogP contribution in [0.5, 0.6) is 11.5 Å². The van der Waals surface area contributed by atoms with E-state index >= 15 is 0 Å². The van der Waals surface area contributed by atoms with Gasteiger partial charge in [-0.2, -0.15) is 5.26 Å². The molecule has 0 aliphatic rings. The highest BCUT2D eigenvalue weighted by Crippen LogP contribution is 2.24. The Hall–Kier alpha value is -4.99. The molecule has 41 heavy (non-hydrogen) atoms. The van der Waals surface area contributed by atoms with Crippen molar-refractivity contribution in [2.24, 2.45) is 0 Å². The molecule has 0 spiro atoms. The summed E-state index contributed by atoms with van der Waals surface area (Å²) in [6.07, 6.45) is 2.84. The molecule has 12 nitrogen and oxygen atoms in total. The number of rotatable bonds is 12. The van der Waals surface area contributed by atoms with Gasteiger partial charge >= 0.3 is 5.69 Å². The van der Waals surface area contributed by atoms with Gasteiger partial charge in [0.15, 0.2) is 11.5 Å². The molecule has 4 N–H and O–H groups in total. The number of carbonyl (C=O) groups is 1. The van der Waals surface area contributed by atoms with E-state index < -0.39 is 17.1 Å². The monoisotopic (exact) mass is 556 g/mol. The summed E-state index contributed by atoms with van der Waals surface area (Å²) in [5, 5.41) is 15.5. The number of para-hydroxylation sites is 1. The molecule has 2 heterocycles. The van der Waals surface area contributed by atoms with Crippen LogP contribution in [0.3, 0.4) is 0 Å². The third-order valence-electron chi connectivity index (χ3n) is 6.18. The van der Waals surface area contributed by atoms with Crippen LogP contribution in [0.15, 0.2) is 77.4 Å². The normalized spacial score (nSPS) is 11.8. The largest absolute Gasteiger partial charge is 0.457 e. The first-order valence-corrected chi connectivity index (χ1v) is 12.9. The van der Waals surface area contributed by atoms with Crippen LogP contribution in [0, 0.1) is 11.3 Å². The van der Waals surface area contributed by atoms with Crippen LogP contribution in [0.2, 0.25) is 0 Å². The lowest BCUT2D eigenvalue weighted by atomic mass is 10.0. The molecule has 0 aliphatic heterocycles. The number of aromatic nitrogens is 4. The number of nitriles is 1. The average Bonchev–Trinajstić information content (AvgIpc) is 3.25. The van der Waals surface area contributed by atoms with Gasteiger partial charge in [-0.25, -0.2) is 14.8 Å². The highest BCUT2D eigenvalue weighted by Gasteiger charge is 2.21. The zero-order valence-corrected chi connectivity index (χ0v) is 23.1. The maximum atomic E-state index is 13.6. The third kappa shape index (κ3) is 6.96. The Morgan fingerprint density at radius 3 is 2.49 bits per heavy atom. The summed E-state index contributed by atoms with van der Waals surface area (Å²) >= 11 is 0. The lowest BCUT2D eigenvalue weighted by Crippen LogP contribution is -2.40. The van der Waals surface area contributed by atoms with Crippen molar-refractivity contribution in [1.82, 2.24) is 29.7 Å². The molecule has 0 unspecified atom stereocenters. The summed E-state index contributed by atoms with van der Waals surface area (Å²) in [7, 11) is 1.60. The molecule has 4 rings (SSSR count). The summed E-state index contributed by atoms with van der Waals surface area (Å²) in [5.74, 6) is 0.877. The number of fused-ring (bicyclic) bond motifs is 1. The number of anilines is 1. The van der Waals surface area contributed by atoms with Crippen molar-refractivity contribution in [3.63, 3.8) is 0 Å². The average molecular weight is 557 g/mol. The van der Waals surface area contributed by atoms with Gasteiger partial charge in [-0.15, -0.1) is 0 Å². The Labute approximate surface area is 237 Å². The zero-order valence-electron chi connectivity index (χ0n) is 23.1. The number of ether oxygens (including phenoxy) is 2. The lowest BCUT2D eigenvalue weighted by Gasteiger charge is -2.22. The number of imidazole rings is 1. The van der Waals surface area contributed by atoms with Crippen LogP contribution in [-0.4, -0.2) is 57.4 Å². The maximum Gasteiger partial charge on any atom is 0.335 e. The molecule has 0 aliphatic carbocycles. The van der Waals surface area contributed by atoms with Crippen molar-refractivity contribution < 1.29 is 14.3 Å². The highest BCUT2D eigenvalue weighted by atomic mass is 16.5. The lowest BCUT2D eigenvalue weighted by molar-refractivity contribution is -0.117. The van der Waals surface area contributed by atoms with Crippen molar-refractivity contribution in [2.45, 2.75) is 25.9 Å². The van der Waals surface area contributed by atoms with E-state index in [-0.39, 0.29) is 24.5 Å². The van der Waals surface area contributed by atoms with E-state index in [0.29, 0.717) is 41.5 Å². The fourth-order valence-electron chi connectivity index (χ4n) is 4.24. The molecular weight excluding hydrogens is 524 g/mol. The van der Waals surface area contributed by atoms with Gasteiger partial charge in [0.2, 0.25) is 0 Å². The summed E-state index contributed by atoms with van der Waals surface area (Å²) < 4.78 is 13.7. The number of carbonyl (C=O) groups excluding carboxylic acids is 1. The van der Waals surface area contributed by atoms with Gasteiger partial charge < -0.3 is 25.8 Å². The number of benzene rings is 2. The van der Waals surface area contributed by atoms with Crippen molar-refractivity contribution in [2.75, 3.05) is 32.5 Å². The Morgan fingerprint density at radius 2 is 1.80 bits per heavy atom. The molecule has 0 radical (unpaired) electrons. The topological polar surface area (TPSA) is 162 Å². The van der Waals surface area contributed by atoms with E-state index in [1.807, 2.05) is 50.2 Å². The van der Waals surface area contributed by atoms with Crippen molar-refractivity contribution in [1.29, 1.82) is 5.26 Å². The number of nitrogen functional groups attached to an aromatic ring is 1. The fraction of sp³-hybridized carbons (Fsp3) is 0.276. The second kappa shape index (κ2) is 12.9. The van der Waals surface area contributed by atoms with Crippen LogP contribution in [0.1, 0.15) is 13.8 Å². The van der Waals surface area contributed by atoms with Gasteiger partial charge in [-0.05, 0) is 56.3 Å². The summed E-state index contributed by atoms with van der Waals surface area (Å²) in [6.45, 7) is 4.92. The predicted molar refractivity (Wildman–Crippen MR) is 155 cm³/mol. The molecule has 212 valence electrons. The van der Waals surface area contributed by atoms with Crippen LogP contribution in [0.4, 0.5) is 5.82 Å². The molecule has 1 amide bonds. The Balaban J connectivity index is 1.53. The Bertz CT molecular complexity index is 1630. The molecule has 4 aromatic rings. The number of nitrogens with zero attached hydrogens (tertiary/aromatic N) is 5. The minimum Gasteiger partial charge on any atom is -0.457 e. The molecule has 0 fully saturated rings. The summed E-state index contributed by atoms with van der Waals surface area (Å²) in [4.78, 5) is 34.7. The SMILES string of the molecule is COCCNC(C)(C)C=C(C#N)C(=O)NCCn1c(=O)n(-c2ccc(Oc3ccccc3)cc2)c2c(N)ncnc21. The molecule has 0 atom stereocenters. The number of nitrogens with one attached hydrogen (secondary N) is 2. The first kappa shape index (κ1) is 29.0. The van der Waals surface area contributed by atoms with Gasteiger partial charge in [0, 0.05) is 32.3 Å². The van der Waals surface area contributed by atoms with Crippen LogP contribution >= 0.6 is 0 Å². The van der Waals surface area contributed by atoms with Gasteiger partial charge in [0.1, 0.15) is 35.0 Å². The minimum atomic E-state index is -0.610. The number of methoxy groups -OCH3 is 1. The predicted octanol–water partition coefficient (Wildman–Crippen LogP) is 2.54. The molecule has 0 saturated carbocycles. The molecule has 0 saturated heterocycles.